The molecule has 3 rings (SSSR count). The summed E-state index contributed by atoms with van der Waals surface area (Å²) in [6.45, 7) is -0.521. The Hall–Kier alpha value is -0.550. The van der Waals surface area contributed by atoms with Crippen molar-refractivity contribution in [3.8, 4) is 0 Å². The van der Waals surface area contributed by atoms with Gasteiger partial charge in [-0.3, -0.25) is 14.1 Å². The van der Waals surface area contributed by atoms with Crippen LogP contribution in [0.3, 0.4) is 0 Å². The molecule has 3 fully saturated rings. The molecule has 11 heavy (non-hydrogen) atoms. The lowest BCUT2D eigenvalue weighted by Gasteiger charge is -2.28. The molecule has 0 spiro atoms. The van der Waals surface area contributed by atoms with E-state index in [0.29, 0.717) is 0 Å². The van der Waals surface area contributed by atoms with Gasteiger partial charge < -0.3 is 0 Å². The molecule has 0 aromatic rings. The van der Waals surface area contributed by atoms with Gasteiger partial charge in [-0.2, -0.15) is 0 Å². The first-order valence-corrected chi connectivity index (χ1v) is 4.25. The van der Waals surface area contributed by atoms with E-state index < -0.39 is 32.3 Å². The Morgan fingerprint density at radius 2 is 2.00 bits per heavy atom. The number of phosphoric acid groups is 1. The summed E-state index contributed by atoms with van der Waals surface area (Å²) in [5.74, 6) is -1.61. The fourth-order valence-electron chi connectivity index (χ4n) is 0.739. The van der Waals surface area contributed by atoms with E-state index in [2.05, 4.69) is 13.6 Å². The highest BCUT2D eigenvalue weighted by atomic mass is 31.2. The van der Waals surface area contributed by atoms with Gasteiger partial charge in [0, 0.05) is 0 Å². The zero-order valence-electron chi connectivity index (χ0n) is 5.18. The predicted octanol–water partition coefficient (Wildman–Crippen LogP) is -0.364. The van der Waals surface area contributed by atoms with Gasteiger partial charge in [0.15, 0.2) is 0 Å². The van der Waals surface area contributed by atoms with Gasteiger partial charge in [-0.1, -0.05) is 0 Å². The molecule has 2 bridgehead atoms. The minimum atomic E-state index is -3.50. The average molecular weight is 178 g/mol. The highest BCUT2D eigenvalue weighted by Crippen LogP contribution is 2.61. The van der Waals surface area contributed by atoms with Crippen molar-refractivity contribution in [3.05, 3.63) is 0 Å². The molecule has 0 amide bonds. The minimum Gasteiger partial charge on any atom is -0.288 e. The SMILES string of the molecule is O=C1COP2(=O)OC(O2)C1=O. The summed E-state index contributed by atoms with van der Waals surface area (Å²) >= 11 is 0. The summed E-state index contributed by atoms with van der Waals surface area (Å²) in [6, 6.07) is 0. The van der Waals surface area contributed by atoms with Crippen molar-refractivity contribution in [1.29, 1.82) is 0 Å². The monoisotopic (exact) mass is 178 g/mol. The van der Waals surface area contributed by atoms with Crippen molar-refractivity contribution in [1.82, 2.24) is 0 Å². The number of rotatable bonds is 0. The van der Waals surface area contributed by atoms with E-state index in [-0.39, 0.29) is 0 Å². The second kappa shape index (κ2) is 1.98. The Morgan fingerprint density at radius 3 is 2.64 bits per heavy atom. The molecule has 3 saturated heterocycles. The number of carbonyl (C=O) groups is 2. The highest BCUT2D eigenvalue weighted by Gasteiger charge is 2.54. The molecular weight excluding hydrogens is 175 g/mol. The predicted molar refractivity (Wildman–Crippen MR) is 29.5 cm³/mol. The van der Waals surface area contributed by atoms with Crippen LogP contribution in [-0.2, 0) is 27.7 Å². The summed E-state index contributed by atoms with van der Waals surface area (Å²) in [7, 11) is -3.50. The summed E-state index contributed by atoms with van der Waals surface area (Å²) in [6.07, 6.45) is -1.30. The Labute approximate surface area is 61.0 Å². The summed E-state index contributed by atoms with van der Waals surface area (Å²) in [5.41, 5.74) is 0. The number of carbonyl (C=O) groups excluding carboxylic acids is 2. The van der Waals surface area contributed by atoms with Crippen molar-refractivity contribution >= 4 is 19.4 Å². The smallest absolute Gasteiger partial charge is 0.288 e. The van der Waals surface area contributed by atoms with Gasteiger partial charge in [0.1, 0.15) is 6.61 Å². The van der Waals surface area contributed by atoms with Gasteiger partial charge in [-0.15, -0.1) is 0 Å². The van der Waals surface area contributed by atoms with Crippen molar-refractivity contribution in [3.63, 3.8) is 0 Å². The third-order valence-corrected chi connectivity index (χ3v) is 2.64. The maximum atomic E-state index is 10.8. The standard InChI is InChI=1S/C4H3O6P/c5-2-1-8-11(7)9-4(10-11)3(2)6/h4H,1H2. The van der Waals surface area contributed by atoms with Gasteiger partial charge in [-0.25, -0.2) is 13.6 Å². The number of ketones is 2. The Morgan fingerprint density at radius 1 is 1.36 bits per heavy atom. The third-order valence-electron chi connectivity index (χ3n) is 1.29. The van der Waals surface area contributed by atoms with Crippen LogP contribution in [0.25, 0.3) is 0 Å². The number of fused-ring (bicyclic) bond motifs is 3. The van der Waals surface area contributed by atoms with E-state index in [1.807, 2.05) is 0 Å². The number of hydrogen-bond acceptors (Lipinski definition) is 6. The van der Waals surface area contributed by atoms with Gasteiger partial charge >= 0.3 is 7.82 Å². The largest absolute Gasteiger partial charge is 0.480 e. The quantitative estimate of drug-likeness (QED) is 0.372. The first-order chi connectivity index (χ1) is 5.11. The normalized spacial score (nSPS) is 43.1. The fourth-order valence-corrected chi connectivity index (χ4v) is 1.81. The molecule has 7 heteroatoms. The molecule has 0 unspecified atom stereocenters. The molecule has 3 aliphatic rings. The van der Waals surface area contributed by atoms with Gasteiger partial charge in [0.25, 0.3) is 5.78 Å². The molecule has 0 saturated carbocycles. The molecule has 0 atom stereocenters. The minimum absolute atomic E-state index is 0.521. The first-order valence-electron chi connectivity index (χ1n) is 2.79. The van der Waals surface area contributed by atoms with Crippen LogP contribution >= 0.6 is 7.82 Å². The fraction of sp³-hybridized carbons (Fsp3) is 0.500. The Balaban J connectivity index is 2.28. The summed E-state index contributed by atoms with van der Waals surface area (Å²) in [5, 5.41) is 0. The van der Waals surface area contributed by atoms with E-state index >= 15 is 0 Å². The number of phosphoric ester groups is 1. The third kappa shape index (κ3) is 0.954. The van der Waals surface area contributed by atoms with Crippen LogP contribution in [0.15, 0.2) is 0 Å². The van der Waals surface area contributed by atoms with Crippen LogP contribution in [-0.4, -0.2) is 24.5 Å². The van der Waals surface area contributed by atoms with E-state index in [4.69, 9.17) is 0 Å². The molecule has 3 heterocycles. The van der Waals surface area contributed by atoms with Gasteiger partial charge in [0.2, 0.25) is 12.1 Å². The van der Waals surface area contributed by atoms with Crippen LogP contribution < -0.4 is 0 Å². The second-order valence-corrected chi connectivity index (χ2v) is 3.63. The first kappa shape index (κ1) is 7.12. The molecule has 0 radical (unpaired) electrons. The second-order valence-electron chi connectivity index (χ2n) is 2.05. The van der Waals surface area contributed by atoms with E-state index in [1.54, 1.807) is 0 Å². The van der Waals surface area contributed by atoms with E-state index in [0.717, 1.165) is 0 Å². The molecule has 0 N–H and O–H groups in total. The van der Waals surface area contributed by atoms with E-state index in [1.165, 1.54) is 0 Å². The van der Waals surface area contributed by atoms with E-state index in [9.17, 15) is 14.2 Å². The van der Waals surface area contributed by atoms with Crippen molar-refractivity contribution in [2.75, 3.05) is 6.61 Å². The van der Waals surface area contributed by atoms with Crippen molar-refractivity contribution in [2.24, 2.45) is 0 Å². The topological polar surface area (TPSA) is 78.9 Å². The number of hydrogen-bond donors (Lipinski definition) is 0. The molecular formula is C4H3O6P. The lowest BCUT2D eigenvalue weighted by Crippen LogP contribution is -2.35. The molecule has 60 valence electrons. The molecule has 0 aromatic heterocycles. The van der Waals surface area contributed by atoms with Crippen LogP contribution in [0.4, 0.5) is 0 Å². The van der Waals surface area contributed by atoms with Gasteiger partial charge in [0.05, 0.1) is 0 Å². The molecule has 0 aromatic carbocycles. The van der Waals surface area contributed by atoms with Crippen molar-refractivity contribution in [2.45, 2.75) is 6.29 Å². The Kier molecular flexibility index (Phi) is 1.28. The zero-order chi connectivity index (χ0) is 8.06. The maximum absolute atomic E-state index is 10.8. The molecule has 0 aliphatic carbocycles. The highest BCUT2D eigenvalue weighted by molar-refractivity contribution is 7.49. The average Bonchev–Trinajstić information content (AvgIpc) is 2.04. The van der Waals surface area contributed by atoms with Crippen LogP contribution in [0.5, 0.6) is 0 Å². The number of Topliss-reactive ketones (excluding diaryl/α,β-unsaturated/α-hetero) is 2. The Bertz CT molecular complexity index is 264. The van der Waals surface area contributed by atoms with Gasteiger partial charge in [-0.05, 0) is 0 Å². The summed E-state index contributed by atoms with van der Waals surface area (Å²) < 4.78 is 24.0. The molecule has 3 aliphatic heterocycles. The maximum Gasteiger partial charge on any atom is 0.480 e. The van der Waals surface area contributed by atoms with Crippen LogP contribution in [0.2, 0.25) is 0 Å². The van der Waals surface area contributed by atoms with Crippen molar-refractivity contribution < 1.29 is 27.7 Å². The lowest BCUT2D eigenvalue weighted by molar-refractivity contribution is -0.160. The van der Waals surface area contributed by atoms with Crippen LogP contribution in [0, 0.1) is 0 Å². The van der Waals surface area contributed by atoms with Crippen LogP contribution in [0.1, 0.15) is 0 Å². The summed E-state index contributed by atoms with van der Waals surface area (Å²) in [4.78, 5) is 21.4. The lowest BCUT2D eigenvalue weighted by atomic mass is 10.3. The zero-order valence-corrected chi connectivity index (χ0v) is 6.08. The molecule has 6 nitrogen and oxygen atoms in total.